The van der Waals surface area contributed by atoms with Crippen molar-refractivity contribution in [3.05, 3.63) is 59.7 Å². The van der Waals surface area contributed by atoms with Crippen LogP contribution < -0.4 is 15.4 Å². The lowest BCUT2D eigenvalue weighted by Crippen LogP contribution is -2.48. The van der Waals surface area contributed by atoms with Crippen molar-refractivity contribution in [2.45, 2.75) is 38.6 Å². The van der Waals surface area contributed by atoms with Gasteiger partial charge in [0.2, 0.25) is 0 Å². The normalized spacial score (nSPS) is 15.5. The molecule has 10 heteroatoms. The minimum absolute atomic E-state index is 0. The van der Waals surface area contributed by atoms with Crippen molar-refractivity contribution in [1.29, 1.82) is 0 Å². The van der Waals surface area contributed by atoms with Gasteiger partial charge >= 0.3 is 6.61 Å². The van der Waals surface area contributed by atoms with E-state index in [0.717, 1.165) is 38.2 Å². The fourth-order valence-corrected chi connectivity index (χ4v) is 3.43. The van der Waals surface area contributed by atoms with Gasteiger partial charge < -0.3 is 15.4 Å². The minimum Gasteiger partial charge on any atom is -0.434 e. The molecule has 0 amide bonds. The third-order valence-electron chi connectivity index (χ3n) is 4.99. The number of ether oxygens (including phenoxy) is 1. The predicted octanol–water partition coefficient (Wildman–Crippen LogP) is 3.77. The van der Waals surface area contributed by atoms with Crippen molar-refractivity contribution < 1.29 is 17.9 Å². The number of nitrogens with zero attached hydrogens (tertiary/aromatic N) is 3. The van der Waals surface area contributed by atoms with Gasteiger partial charge in [-0.15, -0.1) is 24.0 Å². The first-order valence-electron chi connectivity index (χ1n) is 9.87. The van der Waals surface area contributed by atoms with E-state index in [4.69, 9.17) is 0 Å². The Bertz CT molecular complexity index is 833. The number of benzene rings is 1. The van der Waals surface area contributed by atoms with E-state index in [2.05, 4.69) is 30.2 Å². The number of piperidine rings is 1. The van der Waals surface area contributed by atoms with E-state index in [-0.39, 0.29) is 47.9 Å². The smallest absolute Gasteiger partial charge is 0.387 e. The molecule has 0 spiro atoms. The largest absolute Gasteiger partial charge is 0.434 e. The monoisotopic (exact) mass is 549 g/mol. The van der Waals surface area contributed by atoms with Gasteiger partial charge in [0.1, 0.15) is 11.6 Å². The molecule has 170 valence electrons. The molecule has 0 atom stereocenters. The summed E-state index contributed by atoms with van der Waals surface area (Å²) >= 11 is 0. The zero-order valence-electron chi connectivity index (χ0n) is 17.2. The second-order valence-corrected chi connectivity index (χ2v) is 7.04. The number of guanidine groups is 1. The second-order valence-electron chi connectivity index (χ2n) is 7.04. The third kappa shape index (κ3) is 7.84. The molecule has 0 unspecified atom stereocenters. The van der Waals surface area contributed by atoms with Gasteiger partial charge in [0.15, 0.2) is 5.96 Å². The Hall–Kier alpha value is -2.08. The van der Waals surface area contributed by atoms with E-state index in [1.54, 1.807) is 13.2 Å². The third-order valence-corrected chi connectivity index (χ3v) is 4.99. The summed E-state index contributed by atoms with van der Waals surface area (Å²) < 4.78 is 43.7. The van der Waals surface area contributed by atoms with Gasteiger partial charge in [-0.05, 0) is 37.1 Å². The molecule has 0 bridgehead atoms. The minimum atomic E-state index is -3.01. The van der Waals surface area contributed by atoms with Crippen LogP contribution in [0, 0.1) is 5.82 Å². The first-order chi connectivity index (χ1) is 14.5. The van der Waals surface area contributed by atoms with Gasteiger partial charge in [-0.2, -0.15) is 8.78 Å². The molecule has 0 radical (unpaired) electrons. The molecular formula is C21H27F3IN5O. The highest BCUT2D eigenvalue weighted by Crippen LogP contribution is 2.23. The van der Waals surface area contributed by atoms with Crippen molar-refractivity contribution in [2.75, 3.05) is 20.1 Å². The molecule has 3 rings (SSSR count). The van der Waals surface area contributed by atoms with Crippen LogP contribution in [-0.2, 0) is 13.1 Å². The number of rotatable bonds is 7. The quantitative estimate of drug-likeness (QED) is 0.313. The molecule has 6 nitrogen and oxygen atoms in total. The Morgan fingerprint density at radius 2 is 2.00 bits per heavy atom. The number of pyridine rings is 1. The zero-order chi connectivity index (χ0) is 21.3. The molecule has 0 aliphatic carbocycles. The SMILES string of the molecule is CN=C(NCc1c(F)cccc1OC(F)F)NC1CCN(Cc2ccccn2)CC1.I. The zero-order valence-corrected chi connectivity index (χ0v) is 19.6. The van der Waals surface area contributed by atoms with Crippen LogP contribution in [0.3, 0.4) is 0 Å². The highest BCUT2D eigenvalue weighted by Gasteiger charge is 2.21. The Balaban J connectivity index is 0.00000341. The van der Waals surface area contributed by atoms with Gasteiger partial charge in [-0.1, -0.05) is 12.1 Å². The fraction of sp³-hybridized carbons (Fsp3) is 0.429. The van der Waals surface area contributed by atoms with E-state index in [1.807, 2.05) is 18.2 Å². The molecular weight excluding hydrogens is 522 g/mol. The van der Waals surface area contributed by atoms with Crippen molar-refractivity contribution in [2.24, 2.45) is 4.99 Å². The number of alkyl halides is 2. The number of halogens is 4. The van der Waals surface area contributed by atoms with Crippen LogP contribution in [-0.4, -0.2) is 48.6 Å². The van der Waals surface area contributed by atoms with E-state index in [0.29, 0.717) is 5.96 Å². The van der Waals surface area contributed by atoms with Crippen molar-refractivity contribution >= 4 is 29.9 Å². The Morgan fingerprint density at radius 3 is 2.65 bits per heavy atom. The van der Waals surface area contributed by atoms with Gasteiger partial charge in [0, 0.05) is 51.0 Å². The average molecular weight is 549 g/mol. The number of likely N-dealkylation sites (tertiary alicyclic amines) is 1. The van der Waals surface area contributed by atoms with Crippen LogP contribution in [0.2, 0.25) is 0 Å². The summed E-state index contributed by atoms with van der Waals surface area (Å²) in [6, 6.07) is 9.99. The predicted molar refractivity (Wildman–Crippen MR) is 124 cm³/mol. The second kappa shape index (κ2) is 12.7. The van der Waals surface area contributed by atoms with Crippen molar-refractivity contribution in [3.8, 4) is 5.75 Å². The molecule has 1 aromatic carbocycles. The number of aliphatic imine (C=N–C) groups is 1. The summed E-state index contributed by atoms with van der Waals surface area (Å²) in [5.41, 5.74) is 1.08. The standard InChI is InChI=1S/C21H26F3N5O.HI/c1-25-21(27-13-17-18(22)6-4-7-19(17)30-20(23)24)28-15-8-11-29(12-9-15)14-16-5-2-3-10-26-16;/h2-7,10,15,20H,8-9,11-14H2,1H3,(H2,25,27,28);1H. The van der Waals surface area contributed by atoms with E-state index in [1.165, 1.54) is 18.2 Å². The summed E-state index contributed by atoms with van der Waals surface area (Å²) in [6.07, 6.45) is 3.65. The summed E-state index contributed by atoms with van der Waals surface area (Å²) in [5, 5.41) is 6.31. The highest BCUT2D eigenvalue weighted by atomic mass is 127. The summed E-state index contributed by atoms with van der Waals surface area (Å²) in [6.45, 7) is -0.372. The lowest BCUT2D eigenvalue weighted by molar-refractivity contribution is -0.0506. The molecule has 1 saturated heterocycles. The maximum atomic E-state index is 14.1. The van der Waals surface area contributed by atoms with Crippen molar-refractivity contribution in [1.82, 2.24) is 20.5 Å². The molecule has 31 heavy (non-hydrogen) atoms. The first-order valence-corrected chi connectivity index (χ1v) is 9.87. The van der Waals surface area contributed by atoms with Gasteiger partial charge in [-0.25, -0.2) is 4.39 Å². The number of aromatic nitrogens is 1. The van der Waals surface area contributed by atoms with Crippen LogP contribution >= 0.6 is 24.0 Å². The average Bonchev–Trinajstić information content (AvgIpc) is 2.74. The maximum absolute atomic E-state index is 14.1. The molecule has 2 aromatic rings. The van der Waals surface area contributed by atoms with Crippen LogP contribution in [0.25, 0.3) is 0 Å². The molecule has 1 aliphatic rings. The van der Waals surface area contributed by atoms with Crippen LogP contribution in [0.1, 0.15) is 24.1 Å². The summed E-state index contributed by atoms with van der Waals surface area (Å²) in [5.74, 6) is -0.306. The molecule has 1 aromatic heterocycles. The van der Waals surface area contributed by atoms with Gasteiger partial charge in [0.25, 0.3) is 0 Å². The fourth-order valence-electron chi connectivity index (χ4n) is 3.43. The summed E-state index contributed by atoms with van der Waals surface area (Å²) in [4.78, 5) is 10.9. The number of nitrogens with one attached hydrogen (secondary N) is 2. The summed E-state index contributed by atoms with van der Waals surface area (Å²) in [7, 11) is 1.61. The van der Waals surface area contributed by atoms with Crippen LogP contribution in [0.15, 0.2) is 47.6 Å². The highest BCUT2D eigenvalue weighted by molar-refractivity contribution is 14.0. The Kier molecular flexibility index (Phi) is 10.3. The molecule has 2 heterocycles. The number of hydrogen-bond donors (Lipinski definition) is 2. The molecule has 1 aliphatic heterocycles. The Morgan fingerprint density at radius 1 is 1.23 bits per heavy atom. The van der Waals surface area contributed by atoms with E-state index < -0.39 is 12.4 Å². The van der Waals surface area contributed by atoms with Crippen LogP contribution in [0.5, 0.6) is 5.75 Å². The topological polar surface area (TPSA) is 61.8 Å². The van der Waals surface area contributed by atoms with Crippen molar-refractivity contribution in [3.63, 3.8) is 0 Å². The van der Waals surface area contributed by atoms with E-state index >= 15 is 0 Å². The van der Waals surface area contributed by atoms with Crippen LogP contribution in [0.4, 0.5) is 13.2 Å². The molecule has 2 N–H and O–H groups in total. The first kappa shape index (κ1) is 25.2. The lowest BCUT2D eigenvalue weighted by Gasteiger charge is -2.32. The number of hydrogen-bond acceptors (Lipinski definition) is 4. The lowest BCUT2D eigenvalue weighted by atomic mass is 10.0. The van der Waals surface area contributed by atoms with Gasteiger partial charge in [0.05, 0.1) is 5.69 Å². The molecule has 0 saturated carbocycles. The van der Waals surface area contributed by atoms with E-state index in [9.17, 15) is 13.2 Å². The maximum Gasteiger partial charge on any atom is 0.387 e. The Labute approximate surface area is 197 Å². The van der Waals surface area contributed by atoms with Gasteiger partial charge in [-0.3, -0.25) is 14.9 Å². The molecule has 1 fully saturated rings.